The number of β-amino-alcohol motifs (C(OH)–C–C–N with tert-alkyl or cyclic N) is 2. The molecule has 1 aliphatic heterocycles. The fourth-order valence-corrected chi connectivity index (χ4v) is 1.67. The third-order valence-corrected chi connectivity index (χ3v) is 2.55. The van der Waals surface area contributed by atoms with Gasteiger partial charge in [0.25, 0.3) is 0 Å². The molecule has 0 aromatic carbocycles. The van der Waals surface area contributed by atoms with Crippen LogP contribution in [-0.2, 0) is 6.54 Å². The number of nitrogens with zero attached hydrogens (tertiary/aromatic N) is 2. The highest BCUT2D eigenvalue weighted by molar-refractivity contribution is 5.05. The van der Waals surface area contributed by atoms with Crippen molar-refractivity contribution >= 4 is 0 Å². The predicted octanol–water partition coefficient (Wildman–Crippen LogP) is -0.480. The van der Waals surface area contributed by atoms with Gasteiger partial charge in [0.05, 0.1) is 17.9 Å². The van der Waals surface area contributed by atoms with Gasteiger partial charge < -0.3 is 14.6 Å². The summed E-state index contributed by atoms with van der Waals surface area (Å²) in [7, 11) is 0. The molecule has 1 fully saturated rings. The lowest BCUT2D eigenvalue weighted by atomic mass is 10.3. The summed E-state index contributed by atoms with van der Waals surface area (Å²) < 4.78 is 5.07. The summed E-state index contributed by atoms with van der Waals surface area (Å²) in [6.07, 6.45) is 0.137. The van der Waals surface area contributed by atoms with Crippen LogP contribution in [0.4, 0.5) is 0 Å². The SMILES string of the molecule is Cc1ocnc1CN1CC(O)C(O)C1. The number of aryl methyl sites for hydroxylation is 1. The van der Waals surface area contributed by atoms with Crippen molar-refractivity contribution in [1.29, 1.82) is 0 Å². The van der Waals surface area contributed by atoms with Crippen LogP contribution in [0.25, 0.3) is 0 Å². The van der Waals surface area contributed by atoms with Crippen LogP contribution >= 0.6 is 0 Å². The lowest BCUT2D eigenvalue weighted by molar-refractivity contribution is 0.0572. The first-order valence-electron chi connectivity index (χ1n) is 4.64. The number of aliphatic hydroxyl groups excluding tert-OH is 2. The van der Waals surface area contributed by atoms with E-state index in [4.69, 9.17) is 4.42 Å². The van der Waals surface area contributed by atoms with Gasteiger partial charge in [0.2, 0.25) is 0 Å². The Morgan fingerprint density at radius 1 is 1.50 bits per heavy atom. The minimum atomic E-state index is -0.637. The maximum absolute atomic E-state index is 9.33. The third kappa shape index (κ3) is 1.79. The van der Waals surface area contributed by atoms with E-state index in [-0.39, 0.29) is 0 Å². The van der Waals surface area contributed by atoms with E-state index in [0.717, 1.165) is 11.5 Å². The molecule has 0 saturated carbocycles. The Hall–Kier alpha value is -0.910. The van der Waals surface area contributed by atoms with Crippen molar-refractivity contribution in [2.24, 2.45) is 0 Å². The molecule has 0 bridgehead atoms. The Bertz CT molecular complexity index is 303. The van der Waals surface area contributed by atoms with Crippen molar-refractivity contribution in [2.75, 3.05) is 13.1 Å². The second-order valence-electron chi connectivity index (χ2n) is 3.68. The largest absolute Gasteiger partial charge is 0.448 e. The minimum absolute atomic E-state index is 0.494. The summed E-state index contributed by atoms with van der Waals surface area (Å²) in [5.41, 5.74) is 0.867. The lowest BCUT2D eigenvalue weighted by Gasteiger charge is -2.12. The van der Waals surface area contributed by atoms with Gasteiger partial charge in [-0.25, -0.2) is 4.98 Å². The normalized spacial score (nSPS) is 28.5. The summed E-state index contributed by atoms with van der Waals surface area (Å²) in [6.45, 7) is 3.46. The van der Waals surface area contributed by atoms with E-state index >= 15 is 0 Å². The van der Waals surface area contributed by atoms with E-state index < -0.39 is 12.2 Å². The van der Waals surface area contributed by atoms with Crippen LogP contribution in [0.3, 0.4) is 0 Å². The minimum Gasteiger partial charge on any atom is -0.448 e. The number of hydrogen-bond acceptors (Lipinski definition) is 5. The first-order valence-corrected chi connectivity index (χ1v) is 4.64. The molecule has 2 rings (SSSR count). The van der Waals surface area contributed by atoms with Crippen molar-refractivity contribution < 1.29 is 14.6 Å². The molecule has 1 aromatic heterocycles. The number of aliphatic hydroxyl groups is 2. The van der Waals surface area contributed by atoms with Crippen LogP contribution in [0, 0.1) is 6.92 Å². The van der Waals surface area contributed by atoms with Crippen molar-refractivity contribution in [3.8, 4) is 0 Å². The van der Waals surface area contributed by atoms with E-state index in [9.17, 15) is 10.2 Å². The van der Waals surface area contributed by atoms with Crippen LogP contribution in [0.15, 0.2) is 10.8 Å². The van der Waals surface area contributed by atoms with Gasteiger partial charge in [0, 0.05) is 19.6 Å². The molecule has 78 valence electrons. The van der Waals surface area contributed by atoms with E-state index in [0.29, 0.717) is 19.6 Å². The monoisotopic (exact) mass is 198 g/mol. The molecule has 5 nitrogen and oxygen atoms in total. The number of likely N-dealkylation sites (tertiary alicyclic amines) is 1. The van der Waals surface area contributed by atoms with Gasteiger partial charge in [0.15, 0.2) is 6.39 Å². The molecule has 1 aliphatic rings. The van der Waals surface area contributed by atoms with Gasteiger partial charge in [-0.3, -0.25) is 4.90 Å². The highest BCUT2D eigenvalue weighted by Crippen LogP contribution is 2.14. The Labute approximate surface area is 82.0 Å². The highest BCUT2D eigenvalue weighted by atomic mass is 16.3. The van der Waals surface area contributed by atoms with Crippen molar-refractivity contribution in [1.82, 2.24) is 9.88 Å². The third-order valence-electron chi connectivity index (χ3n) is 2.55. The molecule has 1 aromatic rings. The molecule has 1 saturated heterocycles. The zero-order valence-electron chi connectivity index (χ0n) is 8.05. The fraction of sp³-hybridized carbons (Fsp3) is 0.667. The van der Waals surface area contributed by atoms with E-state index in [2.05, 4.69) is 4.98 Å². The first kappa shape index (κ1) is 9.64. The van der Waals surface area contributed by atoms with Crippen LogP contribution in [0.1, 0.15) is 11.5 Å². The first-order chi connectivity index (χ1) is 6.66. The fourth-order valence-electron chi connectivity index (χ4n) is 1.67. The summed E-state index contributed by atoms with van der Waals surface area (Å²) in [6, 6.07) is 0. The van der Waals surface area contributed by atoms with Crippen LogP contribution in [0.5, 0.6) is 0 Å². The maximum Gasteiger partial charge on any atom is 0.181 e. The molecule has 14 heavy (non-hydrogen) atoms. The standard InChI is InChI=1S/C9H14N2O3/c1-6-7(10-5-14-6)2-11-3-8(12)9(13)4-11/h5,8-9,12-13H,2-4H2,1H3. The van der Waals surface area contributed by atoms with E-state index in [1.165, 1.54) is 6.39 Å². The zero-order chi connectivity index (χ0) is 10.1. The Balaban J connectivity index is 1.97. The summed E-state index contributed by atoms with van der Waals surface area (Å²) in [5, 5.41) is 18.7. The van der Waals surface area contributed by atoms with Gasteiger partial charge >= 0.3 is 0 Å². The average molecular weight is 198 g/mol. The lowest BCUT2D eigenvalue weighted by Crippen LogP contribution is -2.22. The molecule has 5 heteroatoms. The average Bonchev–Trinajstić information content (AvgIpc) is 2.63. The molecular weight excluding hydrogens is 184 g/mol. The number of oxazole rings is 1. The van der Waals surface area contributed by atoms with E-state index in [1.807, 2.05) is 11.8 Å². The Kier molecular flexibility index (Phi) is 2.54. The zero-order valence-corrected chi connectivity index (χ0v) is 8.05. The second-order valence-corrected chi connectivity index (χ2v) is 3.68. The van der Waals surface area contributed by atoms with Crippen molar-refractivity contribution in [3.63, 3.8) is 0 Å². The predicted molar refractivity (Wildman–Crippen MR) is 48.5 cm³/mol. The van der Waals surface area contributed by atoms with Crippen molar-refractivity contribution in [2.45, 2.75) is 25.7 Å². The van der Waals surface area contributed by atoms with Crippen LogP contribution in [-0.4, -0.2) is 45.4 Å². The van der Waals surface area contributed by atoms with Gasteiger partial charge in [-0.15, -0.1) is 0 Å². The smallest absolute Gasteiger partial charge is 0.181 e. The Morgan fingerprint density at radius 3 is 2.64 bits per heavy atom. The number of hydrogen-bond donors (Lipinski definition) is 2. The molecule has 2 unspecified atom stereocenters. The maximum atomic E-state index is 9.33. The summed E-state index contributed by atoms with van der Waals surface area (Å²) in [5.74, 6) is 0.792. The number of aromatic nitrogens is 1. The molecule has 0 amide bonds. The molecule has 2 atom stereocenters. The molecule has 2 N–H and O–H groups in total. The summed E-state index contributed by atoms with van der Waals surface area (Å²) in [4.78, 5) is 6.02. The quantitative estimate of drug-likeness (QED) is 0.671. The Morgan fingerprint density at radius 2 is 2.14 bits per heavy atom. The van der Waals surface area contributed by atoms with Crippen LogP contribution < -0.4 is 0 Å². The molecule has 2 heterocycles. The molecular formula is C9H14N2O3. The summed E-state index contributed by atoms with van der Waals surface area (Å²) >= 11 is 0. The van der Waals surface area contributed by atoms with Gasteiger partial charge in [-0.05, 0) is 6.92 Å². The van der Waals surface area contributed by atoms with Crippen molar-refractivity contribution in [3.05, 3.63) is 17.8 Å². The van der Waals surface area contributed by atoms with Gasteiger partial charge in [0.1, 0.15) is 5.76 Å². The molecule has 0 aliphatic carbocycles. The molecule has 0 radical (unpaired) electrons. The van der Waals surface area contributed by atoms with Gasteiger partial charge in [-0.2, -0.15) is 0 Å². The highest BCUT2D eigenvalue weighted by Gasteiger charge is 2.29. The number of rotatable bonds is 2. The molecule has 0 spiro atoms. The van der Waals surface area contributed by atoms with Gasteiger partial charge in [-0.1, -0.05) is 0 Å². The van der Waals surface area contributed by atoms with Crippen LogP contribution in [0.2, 0.25) is 0 Å². The topological polar surface area (TPSA) is 69.7 Å². The van der Waals surface area contributed by atoms with E-state index in [1.54, 1.807) is 0 Å². The second kappa shape index (κ2) is 3.68.